The van der Waals surface area contributed by atoms with Crippen LogP contribution in [0, 0.1) is 16.0 Å². The van der Waals surface area contributed by atoms with Crippen molar-refractivity contribution in [1.29, 1.82) is 0 Å². The van der Waals surface area contributed by atoms with E-state index in [1.165, 1.54) is 12.1 Å². The minimum atomic E-state index is -0.865. The van der Waals surface area contributed by atoms with Crippen LogP contribution in [0.3, 0.4) is 0 Å². The molecule has 24 heavy (non-hydrogen) atoms. The molecule has 0 bridgehead atoms. The Morgan fingerprint density at radius 3 is 2.75 bits per heavy atom. The van der Waals surface area contributed by atoms with E-state index >= 15 is 0 Å². The van der Waals surface area contributed by atoms with E-state index in [1.54, 1.807) is 0 Å². The zero-order valence-electron chi connectivity index (χ0n) is 13.3. The number of ether oxygens (including phenoxy) is 1. The third kappa shape index (κ3) is 4.67. The Balaban J connectivity index is 1.91. The van der Waals surface area contributed by atoms with Gasteiger partial charge in [0.2, 0.25) is 0 Å². The Kier molecular flexibility index (Phi) is 6.14. The van der Waals surface area contributed by atoms with Crippen LogP contribution in [-0.4, -0.2) is 29.4 Å². The first kappa shape index (κ1) is 18.2. The first-order chi connectivity index (χ1) is 11.4. The number of nitrogens with zero attached hydrogens (tertiary/aromatic N) is 1. The van der Waals surface area contributed by atoms with Gasteiger partial charge in [-0.25, -0.2) is 4.79 Å². The summed E-state index contributed by atoms with van der Waals surface area (Å²) in [7, 11) is 0. The number of nitro groups is 1. The molecular formula is C16H19ClN2O5. The number of nitro benzene ring substituents is 1. The molecule has 1 aliphatic carbocycles. The van der Waals surface area contributed by atoms with Crippen molar-refractivity contribution in [1.82, 2.24) is 5.32 Å². The van der Waals surface area contributed by atoms with Crippen LogP contribution in [0.25, 0.3) is 0 Å². The molecule has 2 unspecified atom stereocenters. The van der Waals surface area contributed by atoms with Gasteiger partial charge in [-0.15, -0.1) is 0 Å². The van der Waals surface area contributed by atoms with Crippen LogP contribution in [0.2, 0.25) is 5.02 Å². The molecule has 7 nitrogen and oxygen atoms in total. The number of benzene rings is 1. The van der Waals surface area contributed by atoms with E-state index in [2.05, 4.69) is 12.2 Å². The maximum atomic E-state index is 12.0. The zero-order chi connectivity index (χ0) is 17.7. The summed E-state index contributed by atoms with van der Waals surface area (Å²) < 4.78 is 4.92. The Hall–Kier alpha value is -2.15. The van der Waals surface area contributed by atoms with Gasteiger partial charge in [-0.3, -0.25) is 14.9 Å². The van der Waals surface area contributed by atoms with Crippen molar-refractivity contribution < 1.29 is 19.2 Å². The van der Waals surface area contributed by atoms with Gasteiger partial charge in [-0.05, 0) is 24.8 Å². The number of amides is 1. The Morgan fingerprint density at radius 2 is 2.08 bits per heavy atom. The van der Waals surface area contributed by atoms with Gasteiger partial charge in [0.1, 0.15) is 0 Å². The molecule has 1 aliphatic rings. The normalized spacial score (nSPS) is 20.2. The molecule has 0 aromatic heterocycles. The molecule has 130 valence electrons. The highest BCUT2D eigenvalue weighted by molar-refractivity contribution is 6.33. The zero-order valence-corrected chi connectivity index (χ0v) is 14.0. The van der Waals surface area contributed by atoms with Gasteiger partial charge in [0.25, 0.3) is 11.6 Å². The first-order valence-electron chi connectivity index (χ1n) is 7.79. The molecule has 0 aliphatic heterocycles. The fourth-order valence-corrected chi connectivity index (χ4v) is 2.97. The number of halogens is 1. The van der Waals surface area contributed by atoms with Crippen LogP contribution >= 0.6 is 11.6 Å². The summed E-state index contributed by atoms with van der Waals surface area (Å²) in [5.41, 5.74) is -0.406. The second-order valence-electron chi connectivity index (χ2n) is 5.93. The van der Waals surface area contributed by atoms with Crippen molar-refractivity contribution in [2.75, 3.05) is 6.61 Å². The average Bonchev–Trinajstić information content (AvgIpc) is 2.55. The lowest BCUT2D eigenvalue weighted by Gasteiger charge is -2.29. The standard InChI is InChI=1S/C16H19ClN2O5/c1-10-4-2-3-5-14(10)18-15(20)9-24-16(21)12-8-11(19(22)23)6-7-13(12)17/h6-8,10,14H,2-5,9H2,1H3,(H,18,20). The summed E-state index contributed by atoms with van der Waals surface area (Å²) in [6, 6.07) is 3.56. The number of non-ortho nitro benzene ring substituents is 1. The molecule has 0 heterocycles. The van der Waals surface area contributed by atoms with E-state index in [0.717, 1.165) is 31.7 Å². The summed E-state index contributed by atoms with van der Waals surface area (Å²) in [6.07, 6.45) is 4.21. The number of hydrogen-bond donors (Lipinski definition) is 1. The van der Waals surface area contributed by atoms with E-state index in [9.17, 15) is 19.7 Å². The van der Waals surface area contributed by atoms with E-state index in [4.69, 9.17) is 16.3 Å². The molecule has 1 saturated carbocycles. The van der Waals surface area contributed by atoms with Gasteiger partial charge in [-0.1, -0.05) is 31.4 Å². The van der Waals surface area contributed by atoms with Gasteiger partial charge in [0, 0.05) is 18.2 Å². The van der Waals surface area contributed by atoms with Crippen molar-refractivity contribution >= 4 is 29.2 Å². The van der Waals surface area contributed by atoms with Gasteiger partial charge in [-0.2, -0.15) is 0 Å². The molecular weight excluding hydrogens is 336 g/mol. The number of rotatable bonds is 5. The summed E-state index contributed by atoms with van der Waals surface area (Å²) in [5.74, 6) is -0.858. The molecule has 0 saturated heterocycles. The third-order valence-electron chi connectivity index (χ3n) is 4.17. The monoisotopic (exact) mass is 354 g/mol. The number of carbonyl (C=O) groups excluding carboxylic acids is 2. The Bertz CT molecular complexity index is 649. The highest BCUT2D eigenvalue weighted by atomic mass is 35.5. The molecule has 1 aromatic carbocycles. The van der Waals surface area contributed by atoms with Crippen molar-refractivity contribution in [3.05, 3.63) is 38.9 Å². The van der Waals surface area contributed by atoms with E-state index in [0.29, 0.717) is 5.92 Å². The summed E-state index contributed by atoms with van der Waals surface area (Å²) in [5, 5.41) is 13.6. The maximum Gasteiger partial charge on any atom is 0.340 e. The maximum absolute atomic E-state index is 12.0. The number of hydrogen-bond acceptors (Lipinski definition) is 5. The number of esters is 1. The van der Waals surface area contributed by atoms with Gasteiger partial charge < -0.3 is 10.1 Å². The quantitative estimate of drug-likeness (QED) is 0.497. The average molecular weight is 355 g/mol. The lowest BCUT2D eigenvalue weighted by molar-refractivity contribution is -0.384. The Labute approximate surface area is 144 Å². The van der Waals surface area contributed by atoms with Crippen LogP contribution in [0.5, 0.6) is 0 Å². The van der Waals surface area contributed by atoms with Gasteiger partial charge >= 0.3 is 5.97 Å². The molecule has 2 atom stereocenters. The van der Waals surface area contributed by atoms with Crippen molar-refractivity contribution in [2.45, 2.75) is 38.6 Å². The third-order valence-corrected chi connectivity index (χ3v) is 4.50. The molecule has 1 N–H and O–H groups in total. The van der Waals surface area contributed by atoms with Crippen molar-refractivity contribution in [3.8, 4) is 0 Å². The van der Waals surface area contributed by atoms with Crippen molar-refractivity contribution in [3.63, 3.8) is 0 Å². The largest absolute Gasteiger partial charge is 0.452 e. The van der Waals surface area contributed by atoms with Gasteiger partial charge in [0.05, 0.1) is 15.5 Å². The fourth-order valence-electron chi connectivity index (χ4n) is 2.77. The number of nitrogens with one attached hydrogen (secondary N) is 1. The molecule has 1 aromatic rings. The Morgan fingerprint density at radius 1 is 1.38 bits per heavy atom. The molecule has 1 fully saturated rings. The van der Waals surface area contributed by atoms with Crippen molar-refractivity contribution in [2.24, 2.45) is 5.92 Å². The number of carbonyl (C=O) groups is 2. The highest BCUT2D eigenvalue weighted by Crippen LogP contribution is 2.24. The fraction of sp³-hybridized carbons (Fsp3) is 0.500. The molecule has 1 amide bonds. The molecule has 0 spiro atoms. The predicted octanol–water partition coefficient (Wildman–Crippen LogP) is 3.10. The minimum absolute atomic E-state index is 0.0342. The van der Waals surface area contributed by atoms with Crippen LogP contribution in [0.1, 0.15) is 43.0 Å². The summed E-state index contributed by atoms with van der Waals surface area (Å²) in [6.45, 7) is 1.64. The predicted molar refractivity (Wildman–Crippen MR) is 88.0 cm³/mol. The lowest BCUT2D eigenvalue weighted by Crippen LogP contribution is -2.42. The lowest BCUT2D eigenvalue weighted by atomic mass is 9.86. The second kappa shape index (κ2) is 8.10. The molecule has 2 rings (SSSR count). The summed E-state index contributed by atoms with van der Waals surface area (Å²) in [4.78, 5) is 34.0. The van der Waals surface area contributed by atoms with Crippen LogP contribution in [-0.2, 0) is 9.53 Å². The topological polar surface area (TPSA) is 98.5 Å². The highest BCUT2D eigenvalue weighted by Gasteiger charge is 2.24. The summed E-state index contributed by atoms with van der Waals surface area (Å²) >= 11 is 5.86. The molecule has 0 radical (unpaired) electrons. The first-order valence-corrected chi connectivity index (χ1v) is 8.16. The minimum Gasteiger partial charge on any atom is -0.452 e. The van der Waals surface area contributed by atoms with E-state index in [-0.39, 0.29) is 28.2 Å². The van der Waals surface area contributed by atoms with Crippen LogP contribution in [0.15, 0.2) is 18.2 Å². The van der Waals surface area contributed by atoms with E-state index in [1.807, 2.05) is 0 Å². The van der Waals surface area contributed by atoms with E-state index < -0.39 is 17.5 Å². The molecule has 8 heteroatoms. The van der Waals surface area contributed by atoms with Gasteiger partial charge in [0.15, 0.2) is 6.61 Å². The smallest absolute Gasteiger partial charge is 0.340 e. The van der Waals surface area contributed by atoms with Crippen LogP contribution < -0.4 is 5.32 Å². The SMILES string of the molecule is CC1CCCCC1NC(=O)COC(=O)c1cc([N+](=O)[O-])ccc1Cl. The second-order valence-corrected chi connectivity index (χ2v) is 6.34. The van der Waals surface area contributed by atoms with Crippen LogP contribution in [0.4, 0.5) is 5.69 Å².